The third-order valence-corrected chi connectivity index (χ3v) is 4.43. The summed E-state index contributed by atoms with van der Waals surface area (Å²) in [5, 5.41) is 0. The van der Waals surface area contributed by atoms with Gasteiger partial charge in [-0.1, -0.05) is 30.3 Å². The Labute approximate surface area is 136 Å². The molecule has 1 N–H and O–H groups in total. The normalized spacial score (nSPS) is 15.0. The first-order chi connectivity index (χ1) is 10.5. The van der Waals surface area contributed by atoms with Crippen LogP contribution in [0.3, 0.4) is 0 Å². The fraction of sp³-hybridized carbons (Fsp3) is 0.533. The number of hydrogen-bond donors (Lipinski definition) is 1. The second kappa shape index (κ2) is 7.92. The van der Waals surface area contributed by atoms with Gasteiger partial charge < -0.3 is 4.74 Å². The number of ether oxygens (including phenoxy) is 1. The number of alkyl halides is 3. The Morgan fingerprint density at radius 1 is 1.22 bits per heavy atom. The van der Waals surface area contributed by atoms with Gasteiger partial charge >= 0.3 is 12.1 Å². The molecule has 0 amide bonds. The van der Waals surface area contributed by atoms with Crippen molar-refractivity contribution in [3.63, 3.8) is 0 Å². The standard InChI is InChI=1S/C15H20F3NO3S/c1-14(2,3)23(21)19-12(15(16,17)18)9-13(20)22-10-11-7-5-4-6-8-11/h4-8,12,19H,9-10H2,1-3H3/t12-,23?/m0/s1. The molecule has 0 saturated carbocycles. The van der Waals surface area contributed by atoms with Crippen LogP contribution in [-0.4, -0.2) is 27.1 Å². The maximum absolute atomic E-state index is 13.0. The molecule has 0 fully saturated rings. The van der Waals surface area contributed by atoms with Crippen molar-refractivity contribution in [3.05, 3.63) is 35.9 Å². The second-order valence-corrected chi connectivity index (χ2v) is 7.94. The highest BCUT2D eigenvalue weighted by molar-refractivity contribution is 7.84. The van der Waals surface area contributed by atoms with Crippen LogP contribution < -0.4 is 4.72 Å². The van der Waals surface area contributed by atoms with Crippen LogP contribution in [0.15, 0.2) is 30.3 Å². The minimum Gasteiger partial charge on any atom is -0.461 e. The van der Waals surface area contributed by atoms with Gasteiger partial charge in [-0.25, -0.2) is 8.93 Å². The molecule has 4 nitrogen and oxygen atoms in total. The van der Waals surface area contributed by atoms with Gasteiger partial charge in [0, 0.05) is 0 Å². The summed E-state index contributed by atoms with van der Waals surface area (Å²) in [4.78, 5) is 11.6. The Morgan fingerprint density at radius 2 is 1.78 bits per heavy atom. The van der Waals surface area contributed by atoms with Crippen LogP contribution in [0.4, 0.5) is 13.2 Å². The van der Waals surface area contributed by atoms with E-state index < -0.39 is 40.3 Å². The minimum atomic E-state index is -4.70. The number of nitrogens with one attached hydrogen (secondary N) is 1. The summed E-state index contributed by atoms with van der Waals surface area (Å²) in [5.74, 6) is -1.01. The summed E-state index contributed by atoms with van der Waals surface area (Å²) in [6.45, 7) is 4.51. The summed E-state index contributed by atoms with van der Waals surface area (Å²) in [6.07, 6.45) is -5.63. The summed E-state index contributed by atoms with van der Waals surface area (Å²) in [6, 6.07) is 6.41. The van der Waals surface area contributed by atoms with Crippen LogP contribution >= 0.6 is 0 Å². The van der Waals surface area contributed by atoms with E-state index in [9.17, 15) is 22.2 Å². The van der Waals surface area contributed by atoms with Crippen molar-refractivity contribution in [1.29, 1.82) is 0 Å². The van der Waals surface area contributed by atoms with Crippen molar-refractivity contribution in [2.24, 2.45) is 0 Å². The van der Waals surface area contributed by atoms with Crippen LogP contribution in [-0.2, 0) is 27.1 Å². The number of hydrogen-bond acceptors (Lipinski definition) is 3. The highest BCUT2D eigenvalue weighted by Gasteiger charge is 2.43. The molecule has 0 spiro atoms. The first-order valence-corrected chi connectivity index (χ1v) is 8.09. The van der Waals surface area contributed by atoms with Crippen LogP contribution in [0, 0.1) is 0 Å². The van der Waals surface area contributed by atoms with Gasteiger partial charge in [0.1, 0.15) is 12.6 Å². The molecule has 0 bridgehead atoms. The van der Waals surface area contributed by atoms with Gasteiger partial charge in [-0.15, -0.1) is 0 Å². The zero-order valence-electron chi connectivity index (χ0n) is 13.1. The molecule has 0 aromatic heterocycles. The van der Waals surface area contributed by atoms with E-state index in [0.29, 0.717) is 5.56 Å². The number of esters is 1. The van der Waals surface area contributed by atoms with Crippen molar-refractivity contribution in [2.45, 2.75) is 50.8 Å². The Hall–Kier alpha value is -1.41. The lowest BCUT2D eigenvalue weighted by Crippen LogP contribution is -2.48. The van der Waals surface area contributed by atoms with Crippen molar-refractivity contribution in [1.82, 2.24) is 4.72 Å². The zero-order valence-corrected chi connectivity index (χ0v) is 14.0. The quantitative estimate of drug-likeness (QED) is 0.802. The maximum Gasteiger partial charge on any atom is 0.405 e. The average molecular weight is 351 g/mol. The molecule has 23 heavy (non-hydrogen) atoms. The van der Waals surface area contributed by atoms with E-state index in [2.05, 4.69) is 0 Å². The summed E-state index contributed by atoms with van der Waals surface area (Å²) in [5.41, 5.74) is 0.677. The molecule has 8 heteroatoms. The number of benzene rings is 1. The number of carbonyl (C=O) groups is 1. The van der Waals surface area contributed by atoms with Gasteiger partial charge in [-0.05, 0) is 26.3 Å². The fourth-order valence-corrected chi connectivity index (χ4v) is 2.32. The topological polar surface area (TPSA) is 55.4 Å². The van der Waals surface area contributed by atoms with E-state index in [1.807, 2.05) is 4.72 Å². The second-order valence-electron chi connectivity index (χ2n) is 5.94. The van der Waals surface area contributed by atoms with Crippen molar-refractivity contribution >= 4 is 17.0 Å². The van der Waals surface area contributed by atoms with Crippen LogP contribution in [0.25, 0.3) is 0 Å². The van der Waals surface area contributed by atoms with Crippen LogP contribution in [0.2, 0.25) is 0 Å². The lowest BCUT2D eigenvalue weighted by atomic mass is 10.2. The van der Waals surface area contributed by atoms with E-state index in [0.717, 1.165) is 0 Å². The molecule has 0 aliphatic rings. The van der Waals surface area contributed by atoms with Crippen molar-refractivity contribution in [3.8, 4) is 0 Å². The van der Waals surface area contributed by atoms with Crippen LogP contribution in [0.5, 0.6) is 0 Å². The minimum absolute atomic E-state index is 0.105. The molecule has 1 rings (SSSR count). The van der Waals surface area contributed by atoms with Crippen molar-refractivity contribution < 1.29 is 26.9 Å². The Balaban J connectivity index is 2.63. The van der Waals surface area contributed by atoms with E-state index in [4.69, 9.17) is 4.74 Å². The highest BCUT2D eigenvalue weighted by atomic mass is 32.2. The fourth-order valence-electron chi connectivity index (χ4n) is 1.49. The third-order valence-electron chi connectivity index (χ3n) is 2.81. The molecule has 0 aliphatic heterocycles. The maximum atomic E-state index is 13.0. The molecular weight excluding hydrogens is 331 g/mol. The monoisotopic (exact) mass is 351 g/mol. The predicted octanol–water partition coefficient (Wildman–Crippen LogP) is 3.10. The molecular formula is C15H20F3NO3S. The predicted molar refractivity (Wildman–Crippen MR) is 81.7 cm³/mol. The average Bonchev–Trinajstić information content (AvgIpc) is 2.43. The molecule has 1 unspecified atom stereocenters. The van der Waals surface area contributed by atoms with Crippen molar-refractivity contribution in [2.75, 3.05) is 0 Å². The Kier molecular flexibility index (Phi) is 6.76. The SMILES string of the molecule is CC(C)(C)S(=O)N[C@@H](CC(=O)OCc1ccccc1)C(F)(F)F. The number of halogens is 3. The molecule has 0 radical (unpaired) electrons. The van der Waals surface area contributed by atoms with Gasteiger partial charge in [-0.3, -0.25) is 4.79 Å². The zero-order chi connectivity index (χ0) is 17.7. The third kappa shape index (κ3) is 7.13. The first-order valence-electron chi connectivity index (χ1n) is 6.94. The molecule has 1 aromatic rings. The first kappa shape index (κ1) is 19.6. The van der Waals surface area contributed by atoms with E-state index in [1.54, 1.807) is 30.3 Å². The highest BCUT2D eigenvalue weighted by Crippen LogP contribution is 2.24. The number of carbonyl (C=O) groups excluding carboxylic acids is 1. The van der Waals surface area contributed by atoms with E-state index in [1.165, 1.54) is 20.8 Å². The summed E-state index contributed by atoms with van der Waals surface area (Å²) >= 11 is 0. The molecule has 130 valence electrons. The molecule has 0 saturated heterocycles. The van der Waals surface area contributed by atoms with Gasteiger partial charge in [0.05, 0.1) is 22.2 Å². The number of rotatable bonds is 6. The summed E-state index contributed by atoms with van der Waals surface area (Å²) in [7, 11) is -1.95. The van der Waals surface area contributed by atoms with Gasteiger partial charge in [0.25, 0.3) is 0 Å². The van der Waals surface area contributed by atoms with Crippen LogP contribution in [0.1, 0.15) is 32.8 Å². The summed E-state index contributed by atoms with van der Waals surface area (Å²) < 4.78 is 56.7. The largest absolute Gasteiger partial charge is 0.461 e. The smallest absolute Gasteiger partial charge is 0.405 e. The Morgan fingerprint density at radius 3 is 2.26 bits per heavy atom. The molecule has 0 aliphatic carbocycles. The van der Waals surface area contributed by atoms with E-state index >= 15 is 0 Å². The molecule has 1 aromatic carbocycles. The lowest BCUT2D eigenvalue weighted by molar-refractivity contribution is -0.167. The lowest BCUT2D eigenvalue weighted by Gasteiger charge is -2.25. The van der Waals surface area contributed by atoms with Gasteiger partial charge in [0.15, 0.2) is 0 Å². The molecule has 0 heterocycles. The van der Waals surface area contributed by atoms with Gasteiger partial charge in [-0.2, -0.15) is 13.2 Å². The Bertz CT molecular complexity index is 541. The van der Waals surface area contributed by atoms with E-state index in [-0.39, 0.29) is 6.61 Å². The van der Waals surface area contributed by atoms with Gasteiger partial charge in [0.2, 0.25) is 0 Å². The molecule has 2 atom stereocenters.